The highest BCUT2D eigenvalue weighted by atomic mass is 35.6. The van der Waals surface area contributed by atoms with Crippen molar-refractivity contribution in [1.29, 1.82) is 0 Å². The van der Waals surface area contributed by atoms with Crippen molar-refractivity contribution in [3.05, 3.63) is 47.8 Å². The van der Waals surface area contributed by atoms with Crippen molar-refractivity contribution in [2.24, 2.45) is 0 Å². The molecular weight excluding hydrogens is 347 g/mol. The van der Waals surface area contributed by atoms with Crippen LogP contribution in [0.4, 0.5) is 0 Å². The van der Waals surface area contributed by atoms with Gasteiger partial charge in [0.15, 0.2) is 3.79 Å². The number of halogens is 3. The SMILES string of the molecule is Cc1cnc(Oc2cccc(C3(CC(Cl)(Cl)Cl)CO3)c2)nc1. The Morgan fingerprint density at radius 3 is 2.55 bits per heavy atom. The molecule has 0 bridgehead atoms. The molecule has 1 unspecified atom stereocenters. The van der Waals surface area contributed by atoms with Crippen molar-refractivity contribution in [1.82, 2.24) is 9.97 Å². The van der Waals surface area contributed by atoms with Gasteiger partial charge in [0.2, 0.25) is 0 Å². The standard InChI is InChI=1S/C15H13Cl3N2O2/c1-10-6-19-13(20-7-10)22-12-4-2-3-11(5-12)14(9-21-14)8-15(16,17)18/h2-7H,8-9H2,1H3. The normalized spacial score (nSPS) is 20.7. The van der Waals surface area contributed by atoms with Crippen molar-refractivity contribution in [3.63, 3.8) is 0 Å². The van der Waals surface area contributed by atoms with Gasteiger partial charge < -0.3 is 9.47 Å². The van der Waals surface area contributed by atoms with Crippen LogP contribution in [-0.4, -0.2) is 20.4 Å². The summed E-state index contributed by atoms with van der Waals surface area (Å²) in [4.78, 5) is 8.23. The second kappa shape index (κ2) is 5.85. The molecule has 0 amide bonds. The molecule has 1 aromatic carbocycles. The maximum Gasteiger partial charge on any atom is 0.321 e. The maximum absolute atomic E-state index is 5.89. The molecule has 0 saturated carbocycles. The molecule has 0 spiro atoms. The Labute approximate surface area is 143 Å². The molecule has 7 heteroatoms. The van der Waals surface area contributed by atoms with Gasteiger partial charge >= 0.3 is 6.01 Å². The lowest BCUT2D eigenvalue weighted by atomic mass is 9.97. The average molecular weight is 360 g/mol. The van der Waals surface area contributed by atoms with Crippen LogP contribution in [0.1, 0.15) is 17.5 Å². The summed E-state index contributed by atoms with van der Waals surface area (Å²) < 4.78 is 9.82. The molecule has 116 valence electrons. The highest BCUT2D eigenvalue weighted by Gasteiger charge is 2.51. The second-order valence-corrected chi connectivity index (χ2v) is 7.76. The number of rotatable bonds is 4. The van der Waals surface area contributed by atoms with Crippen molar-refractivity contribution in [2.45, 2.75) is 22.7 Å². The topological polar surface area (TPSA) is 47.5 Å². The summed E-state index contributed by atoms with van der Waals surface area (Å²) in [5.41, 5.74) is 1.32. The Hall–Kier alpha value is -1.07. The van der Waals surface area contributed by atoms with Crippen LogP contribution in [0.25, 0.3) is 0 Å². The summed E-state index contributed by atoms with van der Waals surface area (Å²) in [7, 11) is 0. The van der Waals surface area contributed by atoms with Crippen LogP contribution in [0.5, 0.6) is 11.8 Å². The zero-order valence-electron chi connectivity index (χ0n) is 11.7. The number of nitrogens with zero attached hydrogens (tertiary/aromatic N) is 2. The molecule has 2 heterocycles. The van der Waals surface area contributed by atoms with Crippen LogP contribution in [0.2, 0.25) is 0 Å². The lowest BCUT2D eigenvalue weighted by Gasteiger charge is -2.18. The van der Waals surface area contributed by atoms with Gasteiger partial charge in [-0.1, -0.05) is 46.9 Å². The van der Waals surface area contributed by atoms with E-state index in [0.29, 0.717) is 12.4 Å². The first-order chi connectivity index (χ1) is 10.4. The fourth-order valence-electron chi connectivity index (χ4n) is 2.16. The van der Waals surface area contributed by atoms with Crippen molar-refractivity contribution in [2.75, 3.05) is 6.61 Å². The van der Waals surface area contributed by atoms with E-state index < -0.39 is 9.39 Å². The van der Waals surface area contributed by atoms with Gasteiger partial charge in [0.1, 0.15) is 11.4 Å². The van der Waals surface area contributed by atoms with E-state index in [4.69, 9.17) is 44.3 Å². The molecule has 1 aliphatic rings. The first-order valence-electron chi connectivity index (χ1n) is 6.64. The minimum atomic E-state index is -1.37. The maximum atomic E-state index is 5.89. The van der Waals surface area contributed by atoms with Crippen LogP contribution in [-0.2, 0) is 10.3 Å². The van der Waals surface area contributed by atoms with Crippen LogP contribution < -0.4 is 4.74 Å². The summed E-state index contributed by atoms with van der Waals surface area (Å²) in [6.07, 6.45) is 3.68. The van der Waals surface area contributed by atoms with E-state index in [0.717, 1.165) is 11.1 Å². The number of aryl methyl sites for hydroxylation is 1. The van der Waals surface area contributed by atoms with Gasteiger partial charge in [-0.2, -0.15) is 0 Å². The number of epoxide rings is 1. The summed E-state index contributed by atoms with van der Waals surface area (Å²) >= 11 is 17.7. The smallest absolute Gasteiger partial charge is 0.321 e. The minimum Gasteiger partial charge on any atom is -0.424 e. The predicted molar refractivity (Wildman–Crippen MR) is 85.8 cm³/mol. The van der Waals surface area contributed by atoms with Gasteiger partial charge in [-0.3, -0.25) is 0 Å². The molecule has 0 aliphatic carbocycles. The quantitative estimate of drug-likeness (QED) is 0.593. The van der Waals surface area contributed by atoms with Crippen molar-refractivity contribution < 1.29 is 9.47 Å². The van der Waals surface area contributed by atoms with Crippen LogP contribution >= 0.6 is 34.8 Å². The summed E-state index contributed by atoms with van der Waals surface area (Å²) in [6, 6.07) is 7.74. The van der Waals surface area contributed by atoms with Crippen molar-refractivity contribution in [3.8, 4) is 11.8 Å². The lowest BCUT2D eigenvalue weighted by molar-refractivity contribution is 0.294. The summed E-state index contributed by atoms with van der Waals surface area (Å²) in [6.45, 7) is 2.43. The number of alkyl halides is 3. The molecule has 1 fully saturated rings. The molecule has 22 heavy (non-hydrogen) atoms. The van der Waals surface area contributed by atoms with Gasteiger partial charge in [0.05, 0.1) is 6.61 Å². The van der Waals surface area contributed by atoms with Crippen LogP contribution in [0.15, 0.2) is 36.7 Å². The largest absolute Gasteiger partial charge is 0.424 e. The Bertz CT molecular complexity index is 667. The van der Waals surface area contributed by atoms with E-state index in [1.807, 2.05) is 31.2 Å². The molecule has 1 atom stereocenters. The van der Waals surface area contributed by atoms with E-state index in [1.54, 1.807) is 12.4 Å². The molecule has 3 rings (SSSR count). The fourth-order valence-corrected chi connectivity index (χ4v) is 2.81. The number of ether oxygens (including phenoxy) is 2. The molecule has 2 aromatic rings. The van der Waals surface area contributed by atoms with E-state index in [-0.39, 0.29) is 12.4 Å². The second-order valence-electron chi connectivity index (χ2n) is 5.25. The highest BCUT2D eigenvalue weighted by molar-refractivity contribution is 6.67. The van der Waals surface area contributed by atoms with E-state index >= 15 is 0 Å². The van der Waals surface area contributed by atoms with Gasteiger partial charge in [-0.25, -0.2) is 9.97 Å². The molecular formula is C15H13Cl3N2O2. The first-order valence-corrected chi connectivity index (χ1v) is 7.77. The number of hydrogen-bond acceptors (Lipinski definition) is 4. The monoisotopic (exact) mass is 358 g/mol. The predicted octanol–water partition coefficient (Wildman–Crippen LogP) is 4.56. The fraction of sp³-hybridized carbons (Fsp3) is 0.333. The van der Waals surface area contributed by atoms with Crippen LogP contribution in [0.3, 0.4) is 0 Å². The highest BCUT2D eigenvalue weighted by Crippen LogP contribution is 2.50. The number of aromatic nitrogens is 2. The molecule has 4 nitrogen and oxygen atoms in total. The van der Waals surface area contributed by atoms with E-state index in [1.165, 1.54) is 0 Å². The van der Waals surface area contributed by atoms with Gasteiger partial charge in [0, 0.05) is 18.8 Å². The summed E-state index contributed by atoms with van der Waals surface area (Å²) in [5.74, 6) is 0.612. The average Bonchev–Trinajstić information content (AvgIpc) is 3.21. The van der Waals surface area contributed by atoms with Crippen molar-refractivity contribution >= 4 is 34.8 Å². The Morgan fingerprint density at radius 1 is 1.27 bits per heavy atom. The summed E-state index contributed by atoms with van der Waals surface area (Å²) in [5, 5.41) is 0. The van der Waals surface area contributed by atoms with Crippen LogP contribution in [0, 0.1) is 6.92 Å². The number of hydrogen-bond donors (Lipinski definition) is 0. The first kappa shape index (κ1) is 15.8. The Morgan fingerprint density at radius 2 is 1.95 bits per heavy atom. The van der Waals surface area contributed by atoms with E-state index in [9.17, 15) is 0 Å². The lowest BCUT2D eigenvalue weighted by Crippen LogP contribution is -2.18. The molecule has 1 saturated heterocycles. The Balaban J connectivity index is 1.80. The third-order valence-electron chi connectivity index (χ3n) is 3.31. The molecule has 0 N–H and O–H groups in total. The Kier molecular flexibility index (Phi) is 4.21. The third kappa shape index (κ3) is 3.82. The van der Waals surface area contributed by atoms with Gasteiger partial charge in [-0.05, 0) is 30.2 Å². The molecule has 0 radical (unpaired) electrons. The molecule has 1 aromatic heterocycles. The number of benzene rings is 1. The van der Waals surface area contributed by atoms with Gasteiger partial charge in [0.25, 0.3) is 0 Å². The zero-order chi connectivity index (χ0) is 15.8. The van der Waals surface area contributed by atoms with E-state index in [2.05, 4.69) is 9.97 Å². The molecule has 1 aliphatic heterocycles. The van der Waals surface area contributed by atoms with Gasteiger partial charge in [-0.15, -0.1) is 0 Å². The minimum absolute atomic E-state index is 0.287. The third-order valence-corrected chi connectivity index (χ3v) is 3.71. The zero-order valence-corrected chi connectivity index (χ0v) is 14.0.